The van der Waals surface area contributed by atoms with Crippen molar-refractivity contribution >= 4 is 21.6 Å². The molecule has 3 rings (SSSR count). The van der Waals surface area contributed by atoms with Crippen LogP contribution in [-0.4, -0.2) is 42.7 Å². The van der Waals surface area contributed by atoms with E-state index in [1.807, 2.05) is 0 Å². The number of amides is 1. The van der Waals surface area contributed by atoms with Gasteiger partial charge < -0.3 is 5.32 Å². The number of nitro groups is 1. The SMILES string of the molecule is O=C(N[C@@H]1CCCN(S(=O)(=O)c2ccccc2[N+](=O)[O-])C1)C1CCCCC1. The van der Waals surface area contributed by atoms with Gasteiger partial charge in [0.15, 0.2) is 4.90 Å². The van der Waals surface area contributed by atoms with Gasteiger partial charge in [-0.05, 0) is 31.7 Å². The Labute approximate surface area is 159 Å². The number of nitrogens with zero attached hydrogens (tertiary/aromatic N) is 2. The summed E-state index contributed by atoms with van der Waals surface area (Å²) in [4.78, 5) is 22.7. The number of carbonyl (C=O) groups is 1. The molecule has 148 valence electrons. The number of carbonyl (C=O) groups excluding carboxylic acids is 1. The Bertz CT molecular complexity index is 805. The van der Waals surface area contributed by atoms with Gasteiger partial charge in [-0.3, -0.25) is 14.9 Å². The van der Waals surface area contributed by atoms with Gasteiger partial charge in [0.2, 0.25) is 15.9 Å². The van der Waals surface area contributed by atoms with Crippen molar-refractivity contribution < 1.29 is 18.1 Å². The molecule has 0 unspecified atom stereocenters. The van der Waals surface area contributed by atoms with Gasteiger partial charge in [-0.1, -0.05) is 31.4 Å². The fourth-order valence-corrected chi connectivity index (χ4v) is 5.61. The molecule has 0 bridgehead atoms. The molecule has 1 aromatic carbocycles. The summed E-state index contributed by atoms with van der Waals surface area (Å²) >= 11 is 0. The molecule has 0 radical (unpaired) electrons. The minimum Gasteiger partial charge on any atom is -0.352 e. The molecule has 0 spiro atoms. The van der Waals surface area contributed by atoms with E-state index in [9.17, 15) is 23.3 Å². The van der Waals surface area contributed by atoms with E-state index in [2.05, 4.69) is 5.32 Å². The standard InChI is InChI=1S/C18H25N3O5S/c22-18(14-7-2-1-3-8-14)19-15-9-6-12-20(13-15)27(25,26)17-11-5-4-10-16(17)21(23)24/h4-5,10-11,14-15H,1-3,6-9,12-13H2,(H,19,22)/t15-/m1/s1. The number of nitrogens with one attached hydrogen (secondary N) is 1. The molecule has 8 nitrogen and oxygen atoms in total. The summed E-state index contributed by atoms with van der Waals surface area (Å²) in [5.41, 5.74) is -0.425. The summed E-state index contributed by atoms with van der Waals surface area (Å²) in [7, 11) is -3.99. The first kappa shape index (κ1) is 19.8. The molecule has 1 amide bonds. The highest BCUT2D eigenvalue weighted by atomic mass is 32.2. The molecule has 2 aliphatic rings. The molecule has 1 atom stereocenters. The first-order valence-electron chi connectivity index (χ1n) is 9.43. The van der Waals surface area contributed by atoms with E-state index in [-0.39, 0.29) is 29.3 Å². The topological polar surface area (TPSA) is 110 Å². The Kier molecular flexibility index (Phi) is 6.11. The average molecular weight is 395 g/mol. The fourth-order valence-electron chi connectivity index (χ4n) is 3.93. The second-order valence-corrected chi connectivity index (χ2v) is 9.18. The molecule has 1 saturated heterocycles. The number of rotatable bonds is 5. The quantitative estimate of drug-likeness (QED) is 0.608. The number of hydrogen-bond donors (Lipinski definition) is 1. The van der Waals surface area contributed by atoms with Crippen LogP contribution in [0.4, 0.5) is 5.69 Å². The van der Waals surface area contributed by atoms with Gasteiger partial charge in [-0.15, -0.1) is 0 Å². The normalized spacial score (nSPS) is 22.3. The molecule has 0 aromatic heterocycles. The lowest BCUT2D eigenvalue weighted by Crippen LogP contribution is -2.50. The Morgan fingerprint density at radius 3 is 2.52 bits per heavy atom. The van der Waals surface area contributed by atoms with Crippen LogP contribution in [0.2, 0.25) is 0 Å². The summed E-state index contributed by atoms with van der Waals surface area (Å²) in [6, 6.07) is 5.12. The first-order valence-corrected chi connectivity index (χ1v) is 10.9. The summed E-state index contributed by atoms with van der Waals surface area (Å²) in [6.07, 6.45) is 6.36. The van der Waals surface area contributed by atoms with Crippen molar-refractivity contribution in [2.45, 2.75) is 55.9 Å². The van der Waals surface area contributed by atoms with Gasteiger partial charge in [0.05, 0.1) is 4.92 Å². The van der Waals surface area contributed by atoms with Crippen molar-refractivity contribution in [3.63, 3.8) is 0 Å². The highest BCUT2D eigenvalue weighted by Gasteiger charge is 2.35. The maximum absolute atomic E-state index is 13.0. The minimum absolute atomic E-state index is 0.00430. The Morgan fingerprint density at radius 2 is 1.81 bits per heavy atom. The third-order valence-corrected chi connectivity index (χ3v) is 7.30. The number of sulfonamides is 1. The first-order chi connectivity index (χ1) is 12.9. The Hall–Kier alpha value is -2.00. The molecule has 1 N–H and O–H groups in total. The van der Waals surface area contributed by atoms with Crippen molar-refractivity contribution in [1.82, 2.24) is 9.62 Å². The van der Waals surface area contributed by atoms with Crippen LogP contribution >= 0.6 is 0 Å². The van der Waals surface area contributed by atoms with E-state index in [1.54, 1.807) is 0 Å². The zero-order valence-corrected chi connectivity index (χ0v) is 16.0. The second kappa shape index (κ2) is 8.35. The van der Waals surface area contributed by atoms with Gasteiger partial charge in [0, 0.05) is 31.1 Å². The highest BCUT2D eigenvalue weighted by Crippen LogP contribution is 2.29. The number of benzene rings is 1. The van der Waals surface area contributed by atoms with Gasteiger partial charge >= 0.3 is 0 Å². The van der Waals surface area contributed by atoms with Crippen molar-refractivity contribution in [2.75, 3.05) is 13.1 Å². The van der Waals surface area contributed by atoms with Crippen molar-refractivity contribution in [2.24, 2.45) is 5.92 Å². The number of para-hydroxylation sites is 1. The third kappa shape index (κ3) is 4.47. The molecular formula is C18H25N3O5S. The van der Waals surface area contributed by atoms with E-state index in [1.165, 1.54) is 28.6 Å². The zero-order valence-electron chi connectivity index (χ0n) is 15.2. The van der Waals surface area contributed by atoms with Crippen LogP contribution in [-0.2, 0) is 14.8 Å². The van der Waals surface area contributed by atoms with Crippen LogP contribution in [0.5, 0.6) is 0 Å². The average Bonchev–Trinajstić information content (AvgIpc) is 2.69. The third-order valence-electron chi connectivity index (χ3n) is 5.39. The summed E-state index contributed by atoms with van der Waals surface area (Å²) < 4.78 is 27.2. The monoisotopic (exact) mass is 395 g/mol. The Morgan fingerprint density at radius 1 is 1.11 bits per heavy atom. The number of hydrogen-bond acceptors (Lipinski definition) is 5. The van der Waals surface area contributed by atoms with E-state index in [0.29, 0.717) is 19.4 Å². The van der Waals surface area contributed by atoms with Gasteiger partial charge in [-0.25, -0.2) is 8.42 Å². The van der Waals surface area contributed by atoms with E-state index >= 15 is 0 Å². The van der Waals surface area contributed by atoms with Crippen LogP contribution in [0.25, 0.3) is 0 Å². The molecule has 9 heteroatoms. The molecule has 27 heavy (non-hydrogen) atoms. The molecule has 1 heterocycles. The maximum Gasteiger partial charge on any atom is 0.289 e. The maximum atomic E-state index is 13.0. The smallest absolute Gasteiger partial charge is 0.289 e. The van der Waals surface area contributed by atoms with E-state index in [0.717, 1.165) is 32.1 Å². The van der Waals surface area contributed by atoms with Crippen molar-refractivity contribution in [3.8, 4) is 0 Å². The van der Waals surface area contributed by atoms with Crippen LogP contribution in [0.15, 0.2) is 29.2 Å². The van der Waals surface area contributed by atoms with Crippen LogP contribution in [0.1, 0.15) is 44.9 Å². The highest BCUT2D eigenvalue weighted by molar-refractivity contribution is 7.89. The lowest BCUT2D eigenvalue weighted by molar-refractivity contribution is -0.387. The molecule has 1 aliphatic carbocycles. The molecule has 1 aliphatic heterocycles. The zero-order chi connectivity index (χ0) is 19.4. The van der Waals surface area contributed by atoms with Gasteiger partial charge in [-0.2, -0.15) is 4.31 Å². The lowest BCUT2D eigenvalue weighted by Gasteiger charge is -2.33. The molecule has 1 aromatic rings. The van der Waals surface area contributed by atoms with Crippen molar-refractivity contribution in [3.05, 3.63) is 34.4 Å². The van der Waals surface area contributed by atoms with Crippen LogP contribution in [0, 0.1) is 16.0 Å². The summed E-state index contributed by atoms with van der Waals surface area (Å²) in [5.74, 6) is 0.0191. The molecule has 2 fully saturated rings. The molecular weight excluding hydrogens is 370 g/mol. The fraction of sp³-hybridized carbons (Fsp3) is 0.611. The van der Waals surface area contributed by atoms with E-state index < -0.39 is 20.6 Å². The molecule has 1 saturated carbocycles. The predicted molar refractivity (Wildman–Crippen MR) is 99.6 cm³/mol. The van der Waals surface area contributed by atoms with Crippen molar-refractivity contribution in [1.29, 1.82) is 0 Å². The van der Waals surface area contributed by atoms with Crippen LogP contribution < -0.4 is 5.32 Å². The number of nitro benzene ring substituents is 1. The van der Waals surface area contributed by atoms with E-state index in [4.69, 9.17) is 0 Å². The lowest BCUT2D eigenvalue weighted by atomic mass is 9.88. The summed E-state index contributed by atoms with van der Waals surface area (Å²) in [6.45, 7) is 0.441. The Balaban J connectivity index is 1.72. The largest absolute Gasteiger partial charge is 0.352 e. The van der Waals surface area contributed by atoms with Gasteiger partial charge in [0.25, 0.3) is 5.69 Å². The second-order valence-electron chi connectivity index (χ2n) is 7.27. The summed E-state index contributed by atoms with van der Waals surface area (Å²) in [5, 5.41) is 14.2. The predicted octanol–water partition coefficient (Wildman–Crippen LogP) is 2.44. The van der Waals surface area contributed by atoms with Gasteiger partial charge in [0.1, 0.15) is 0 Å². The van der Waals surface area contributed by atoms with Crippen LogP contribution in [0.3, 0.4) is 0 Å². The minimum atomic E-state index is -3.99. The number of piperidine rings is 1.